The number of rotatable bonds is 3. The molecule has 1 aromatic rings. The molecule has 0 atom stereocenters. The lowest BCUT2D eigenvalue weighted by atomic mass is 10.2. The molecule has 1 N–H and O–H groups in total. The van der Waals surface area contributed by atoms with Gasteiger partial charge >= 0.3 is 0 Å². The molecular weight excluding hydrogens is 204 g/mol. The molecule has 0 heterocycles. The van der Waals surface area contributed by atoms with E-state index in [4.69, 9.17) is 9.84 Å². The van der Waals surface area contributed by atoms with Crippen molar-refractivity contribution in [1.29, 1.82) is 0 Å². The van der Waals surface area contributed by atoms with Crippen LogP contribution in [0.1, 0.15) is 12.8 Å². The fourth-order valence-corrected chi connectivity index (χ4v) is 1.68. The van der Waals surface area contributed by atoms with Crippen molar-refractivity contribution in [2.24, 2.45) is 0 Å². The monoisotopic (exact) mass is 216 g/mol. The third-order valence-electron chi connectivity index (χ3n) is 2.51. The summed E-state index contributed by atoms with van der Waals surface area (Å²) in [5, 5.41) is 9.04. The number of aldehydes is 1. The molecule has 3 heteroatoms. The summed E-state index contributed by atoms with van der Waals surface area (Å²) in [7, 11) is 0. The summed E-state index contributed by atoms with van der Waals surface area (Å²) in [6.45, 7) is 0. The Balaban J connectivity index is 2.28. The maximum Gasteiger partial charge on any atom is 0.149 e. The molecule has 1 aliphatic carbocycles. The molecular formula is C13H12O3. The fraction of sp³-hybridized carbons (Fsp3) is 0.154. The molecule has 16 heavy (non-hydrogen) atoms. The maximum absolute atomic E-state index is 10.8. The third-order valence-corrected chi connectivity index (χ3v) is 2.51. The van der Waals surface area contributed by atoms with Gasteiger partial charge in [0.2, 0.25) is 0 Å². The summed E-state index contributed by atoms with van der Waals surface area (Å²) in [4.78, 5) is 10.8. The van der Waals surface area contributed by atoms with Gasteiger partial charge in [0.15, 0.2) is 0 Å². The Kier molecular flexibility index (Phi) is 3.05. The van der Waals surface area contributed by atoms with Crippen molar-refractivity contribution in [3.8, 4) is 5.75 Å². The normalized spacial score (nSPS) is 17.9. The highest BCUT2D eigenvalue weighted by Gasteiger charge is 2.21. The fourth-order valence-electron chi connectivity index (χ4n) is 1.68. The number of carbonyl (C=O) groups excluding carboxylic acids is 1. The van der Waals surface area contributed by atoms with Gasteiger partial charge in [0.05, 0.1) is 6.26 Å². The zero-order valence-corrected chi connectivity index (χ0v) is 8.72. The molecule has 1 aromatic carbocycles. The van der Waals surface area contributed by atoms with E-state index < -0.39 is 0 Å². The lowest BCUT2D eigenvalue weighted by Gasteiger charge is -2.08. The van der Waals surface area contributed by atoms with E-state index in [0.717, 1.165) is 12.5 Å². The summed E-state index contributed by atoms with van der Waals surface area (Å²) in [6, 6.07) is 9.21. The minimum atomic E-state index is 0.490. The van der Waals surface area contributed by atoms with Crippen molar-refractivity contribution in [2.45, 2.75) is 12.8 Å². The van der Waals surface area contributed by atoms with Gasteiger partial charge in [0.1, 0.15) is 17.8 Å². The molecule has 0 unspecified atom stereocenters. The van der Waals surface area contributed by atoms with Gasteiger partial charge in [-0.2, -0.15) is 0 Å². The first-order valence-corrected chi connectivity index (χ1v) is 5.10. The van der Waals surface area contributed by atoms with Crippen LogP contribution < -0.4 is 4.74 Å². The highest BCUT2D eigenvalue weighted by Crippen LogP contribution is 2.31. The Bertz CT molecular complexity index is 444. The molecule has 0 radical (unpaired) electrons. The van der Waals surface area contributed by atoms with E-state index in [1.165, 1.54) is 0 Å². The minimum absolute atomic E-state index is 0.490. The Morgan fingerprint density at radius 3 is 2.56 bits per heavy atom. The predicted molar refractivity (Wildman–Crippen MR) is 60.1 cm³/mol. The molecule has 2 rings (SSSR count). The average Bonchev–Trinajstić information content (AvgIpc) is 2.72. The van der Waals surface area contributed by atoms with Gasteiger partial charge in [-0.3, -0.25) is 4.79 Å². The number of aliphatic hydroxyl groups excluding tert-OH is 1. The van der Waals surface area contributed by atoms with Crippen molar-refractivity contribution in [2.75, 3.05) is 0 Å². The van der Waals surface area contributed by atoms with E-state index in [1.807, 2.05) is 30.3 Å². The lowest BCUT2D eigenvalue weighted by molar-refractivity contribution is -0.105. The van der Waals surface area contributed by atoms with E-state index in [1.54, 1.807) is 0 Å². The average molecular weight is 216 g/mol. The van der Waals surface area contributed by atoms with Crippen LogP contribution in [0.5, 0.6) is 5.75 Å². The van der Waals surface area contributed by atoms with E-state index in [-0.39, 0.29) is 0 Å². The minimum Gasteiger partial charge on any atom is -0.515 e. The van der Waals surface area contributed by atoms with Gasteiger partial charge in [-0.1, -0.05) is 18.2 Å². The Hall–Kier alpha value is -2.03. The quantitative estimate of drug-likeness (QED) is 0.624. The first-order valence-electron chi connectivity index (χ1n) is 5.10. The molecule has 0 bridgehead atoms. The van der Waals surface area contributed by atoms with Crippen LogP contribution >= 0.6 is 0 Å². The number of benzene rings is 1. The van der Waals surface area contributed by atoms with Crippen LogP contribution in [0.4, 0.5) is 0 Å². The van der Waals surface area contributed by atoms with E-state index in [9.17, 15) is 4.79 Å². The summed E-state index contributed by atoms with van der Waals surface area (Å²) >= 11 is 0. The number of allylic oxidation sites excluding steroid dienone is 2. The highest BCUT2D eigenvalue weighted by molar-refractivity contribution is 5.77. The predicted octanol–water partition coefficient (Wildman–Crippen LogP) is 2.75. The SMILES string of the molecule is O=CC1=C(Oc2ccccc2)C(=CO)CC1. The lowest BCUT2D eigenvalue weighted by Crippen LogP contribution is -1.98. The Morgan fingerprint density at radius 1 is 1.19 bits per heavy atom. The maximum atomic E-state index is 10.8. The van der Waals surface area contributed by atoms with E-state index in [0.29, 0.717) is 35.5 Å². The third kappa shape index (κ3) is 1.98. The Morgan fingerprint density at radius 2 is 1.94 bits per heavy atom. The van der Waals surface area contributed by atoms with Crippen LogP contribution in [0.3, 0.4) is 0 Å². The van der Waals surface area contributed by atoms with Crippen LogP contribution in [0.2, 0.25) is 0 Å². The van der Waals surface area contributed by atoms with Gasteiger partial charge < -0.3 is 9.84 Å². The number of hydrogen-bond donors (Lipinski definition) is 1. The van der Waals surface area contributed by atoms with E-state index in [2.05, 4.69) is 0 Å². The van der Waals surface area contributed by atoms with Crippen LogP contribution in [0.15, 0.2) is 53.5 Å². The van der Waals surface area contributed by atoms with Crippen LogP contribution in [0, 0.1) is 0 Å². The molecule has 3 nitrogen and oxygen atoms in total. The van der Waals surface area contributed by atoms with Crippen molar-refractivity contribution < 1.29 is 14.6 Å². The molecule has 0 saturated heterocycles. The number of ether oxygens (including phenoxy) is 1. The molecule has 0 fully saturated rings. The second-order valence-electron chi connectivity index (χ2n) is 3.54. The van der Waals surface area contributed by atoms with Crippen molar-refractivity contribution in [3.63, 3.8) is 0 Å². The van der Waals surface area contributed by atoms with Gasteiger partial charge in [-0.05, 0) is 25.0 Å². The zero-order chi connectivity index (χ0) is 11.4. The van der Waals surface area contributed by atoms with E-state index >= 15 is 0 Å². The first kappa shape index (κ1) is 10.5. The molecule has 82 valence electrons. The zero-order valence-electron chi connectivity index (χ0n) is 8.72. The summed E-state index contributed by atoms with van der Waals surface area (Å²) < 4.78 is 5.60. The van der Waals surface area contributed by atoms with Crippen molar-refractivity contribution in [3.05, 3.63) is 53.5 Å². The highest BCUT2D eigenvalue weighted by atomic mass is 16.5. The van der Waals surface area contributed by atoms with Crippen molar-refractivity contribution in [1.82, 2.24) is 0 Å². The molecule has 0 aromatic heterocycles. The number of aliphatic hydroxyl groups is 1. The second-order valence-corrected chi connectivity index (χ2v) is 3.54. The van der Waals surface area contributed by atoms with Crippen LogP contribution in [0.25, 0.3) is 0 Å². The van der Waals surface area contributed by atoms with Crippen LogP contribution in [-0.2, 0) is 4.79 Å². The second kappa shape index (κ2) is 4.66. The summed E-state index contributed by atoms with van der Waals surface area (Å²) in [5.74, 6) is 1.15. The standard InChI is InChI=1S/C13H12O3/c14-8-10-6-7-11(9-15)13(10)16-12-4-2-1-3-5-12/h1-5,8-9,14H,6-7H2. The smallest absolute Gasteiger partial charge is 0.149 e. The van der Waals surface area contributed by atoms with Gasteiger partial charge in [-0.25, -0.2) is 0 Å². The topological polar surface area (TPSA) is 46.5 Å². The molecule has 0 amide bonds. The van der Waals surface area contributed by atoms with Crippen LogP contribution in [-0.4, -0.2) is 11.4 Å². The summed E-state index contributed by atoms with van der Waals surface area (Å²) in [5.41, 5.74) is 1.27. The molecule has 0 spiro atoms. The van der Waals surface area contributed by atoms with Gasteiger partial charge in [0.25, 0.3) is 0 Å². The first-order chi connectivity index (χ1) is 7.85. The number of hydrogen-bond acceptors (Lipinski definition) is 3. The number of carbonyl (C=O) groups is 1. The molecule has 0 aliphatic heterocycles. The Labute approximate surface area is 93.7 Å². The summed E-state index contributed by atoms with van der Waals surface area (Å²) in [6.07, 6.45) is 3.06. The van der Waals surface area contributed by atoms with Gasteiger partial charge in [0, 0.05) is 11.1 Å². The largest absolute Gasteiger partial charge is 0.515 e. The van der Waals surface area contributed by atoms with Crippen molar-refractivity contribution >= 4 is 6.29 Å². The molecule has 0 saturated carbocycles. The molecule has 1 aliphatic rings. The van der Waals surface area contributed by atoms with Gasteiger partial charge in [-0.15, -0.1) is 0 Å². The number of para-hydroxylation sites is 1.